The largest absolute Gasteiger partial charge is 0.336 e. The first-order valence-electron chi connectivity index (χ1n) is 7.14. The summed E-state index contributed by atoms with van der Waals surface area (Å²) in [5.41, 5.74) is -0.0491. The lowest BCUT2D eigenvalue weighted by Crippen LogP contribution is -2.15. The predicted octanol–water partition coefficient (Wildman–Crippen LogP) is 3.89. The number of amides is 1. The van der Waals surface area contributed by atoms with Gasteiger partial charge >= 0.3 is 0 Å². The highest BCUT2D eigenvalue weighted by molar-refractivity contribution is 6.02. The Morgan fingerprint density at radius 1 is 0.840 bits per heavy atom. The molecule has 0 saturated carbocycles. The maximum atomic E-state index is 13.6. The van der Waals surface area contributed by atoms with Gasteiger partial charge in [-0.05, 0) is 36.4 Å². The van der Waals surface area contributed by atoms with Crippen LogP contribution in [0.25, 0.3) is 0 Å². The number of benzene rings is 2. The monoisotopic (exact) mass is 344 g/mol. The van der Waals surface area contributed by atoms with E-state index in [0.29, 0.717) is 6.07 Å². The molecule has 0 fully saturated rings. The SMILES string of the molecule is O=C(Nc1ccc(F)cc1F)c1ccc(Nc2ccccc2F)nn1. The third-order valence-electron chi connectivity index (χ3n) is 3.21. The van der Waals surface area contributed by atoms with Gasteiger partial charge in [-0.15, -0.1) is 10.2 Å². The molecule has 0 unspecified atom stereocenters. The van der Waals surface area contributed by atoms with Crippen molar-refractivity contribution >= 4 is 23.1 Å². The fourth-order valence-electron chi connectivity index (χ4n) is 2.00. The van der Waals surface area contributed by atoms with Gasteiger partial charge in [0.1, 0.15) is 17.5 Å². The molecule has 0 radical (unpaired) electrons. The van der Waals surface area contributed by atoms with Crippen molar-refractivity contribution in [2.24, 2.45) is 0 Å². The number of carbonyl (C=O) groups is 1. The zero-order valence-corrected chi connectivity index (χ0v) is 12.6. The lowest BCUT2D eigenvalue weighted by atomic mass is 10.2. The molecule has 0 spiro atoms. The maximum Gasteiger partial charge on any atom is 0.276 e. The van der Waals surface area contributed by atoms with E-state index in [4.69, 9.17) is 0 Å². The minimum absolute atomic E-state index is 0.0807. The molecule has 3 rings (SSSR count). The molecule has 126 valence electrons. The summed E-state index contributed by atoms with van der Waals surface area (Å²) in [6, 6.07) is 11.6. The van der Waals surface area contributed by atoms with E-state index < -0.39 is 23.4 Å². The average molecular weight is 344 g/mol. The molecule has 0 bridgehead atoms. The summed E-state index contributed by atoms with van der Waals surface area (Å²) < 4.78 is 39.9. The summed E-state index contributed by atoms with van der Waals surface area (Å²) in [5.74, 6) is -2.60. The Labute approximate surface area is 140 Å². The molecule has 2 N–H and O–H groups in total. The number of para-hydroxylation sites is 1. The summed E-state index contributed by atoms with van der Waals surface area (Å²) in [5, 5.41) is 12.5. The molecule has 1 heterocycles. The van der Waals surface area contributed by atoms with Crippen molar-refractivity contribution in [1.82, 2.24) is 10.2 Å². The van der Waals surface area contributed by atoms with Crippen LogP contribution in [0.1, 0.15) is 10.5 Å². The molecular formula is C17H11F3N4O. The van der Waals surface area contributed by atoms with Crippen molar-refractivity contribution in [1.29, 1.82) is 0 Å². The lowest BCUT2D eigenvalue weighted by molar-refractivity contribution is 0.102. The number of carbonyl (C=O) groups excluding carboxylic acids is 1. The Balaban J connectivity index is 1.71. The number of rotatable bonds is 4. The Morgan fingerprint density at radius 3 is 2.32 bits per heavy atom. The van der Waals surface area contributed by atoms with Crippen molar-refractivity contribution < 1.29 is 18.0 Å². The van der Waals surface area contributed by atoms with Crippen molar-refractivity contribution in [3.05, 3.63) is 77.7 Å². The minimum atomic E-state index is -0.904. The van der Waals surface area contributed by atoms with Crippen molar-refractivity contribution in [2.75, 3.05) is 10.6 Å². The number of aromatic nitrogens is 2. The molecule has 0 saturated heterocycles. The van der Waals surface area contributed by atoms with Crippen LogP contribution < -0.4 is 10.6 Å². The molecule has 8 heteroatoms. The van der Waals surface area contributed by atoms with E-state index in [1.807, 2.05) is 0 Å². The van der Waals surface area contributed by atoms with E-state index in [-0.39, 0.29) is 22.9 Å². The second kappa shape index (κ2) is 7.00. The molecule has 2 aromatic carbocycles. The van der Waals surface area contributed by atoms with Crippen LogP contribution in [0.3, 0.4) is 0 Å². The van der Waals surface area contributed by atoms with E-state index in [2.05, 4.69) is 20.8 Å². The van der Waals surface area contributed by atoms with E-state index in [1.165, 1.54) is 24.3 Å². The molecular weight excluding hydrogens is 333 g/mol. The Hall–Kier alpha value is -3.42. The van der Waals surface area contributed by atoms with Gasteiger partial charge in [0.15, 0.2) is 11.5 Å². The van der Waals surface area contributed by atoms with Gasteiger partial charge in [-0.1, -0.05) is 12.1 Å². The van der Waals surface area contributed by atoms with Crippen LogP contribution >= 0.6 is 0 Å². The number of hydrogen-bond donors (Lipinski definition) is 2. The molecule has 0 aliphatic heterocycles. The van der Waals surface area contributed by atoms with Gasteiger partial charge in [-0.25, -0.2) is 13.2 Å². The van der Waals surface area contributed by atoms with E-state index in [0.717, 1.165) is 12.1 Å². The summed E-state index contributed by atoms with van der Waals surface area (Å²) in [4.78, 5) is 12.0. The second-order valence-electron chi connectivity index (χ2n) is 4.99. The van der Waals surface area contributed by atoms with Crippen molar-refractivity contribution in [3.63, 3.8) is 0 Å². The first-order chi connectivity index (χ1) is 12.0. The quantitative estimate of drug-likeness (QED) is 0.753. The highest BCUT2D eigenvalue weighted by Gasteiger charge is 2.12. The third kappa shape index (κ3) is 3.92. The fourth-order valence-corrected chi connectivity index (χ4v) is 2.00. The van der Waals surface area contributed by atoms with Crippen LogP contribution in [0, 0.1) is 17.5 Å². The van der Waals surface area contributed by atoms with E-state index in [1.54, 1.807) is 12.1 Å². The Morgan fingerprint density at radius 2 is 1.64 bits per heavy atom. The van der Waals surface area contributed by atoms with E-state index >= 15 is 0 Å². The van der Waals surface area contributed by atoms with Crippen LogP contribution in [0.4, 0.5) is 30.4 Å². The smallest absolute Gasteiger partial charge is 0.276 e. The molecule has 3 aromatic rings. The second-order valence-corrected chi connectivity index (χ2v) is 4.99. The van der Waals surface area contributed by atoms with Crippen LogP contribution in [0.2, 0.25) is 0 Å². The zero-order valence-electron chi connectivity index (χ0n) is 12.6. The van der Waals surface area contributed by atoms with Gasteiger partial charge in [0.2, 0.25) is 0 Å². The Bertz CT molecular complexity index is 916. The summed E-state index contributed by atoms with van der Waals surface area (Å²) in [6.45, 7) is 0. The van der Waals surface area contributed by atoms with Crippen molar-refractivity contribution in [2.45, 2.75) is 0 Å². The maximum absolute atomic E-state index is 13.6. The molecule has 25 heavy (non-hydrogen) atoms. The number of anilines is 3. The number of nitrogens with one attached hydrogen (secondary N) is 2. The number of hydrogen-bond acceptors (Lipinski definition) is 4. The summed E-state index contributed by atoms with van der Waals surface area (Å²) in [6.07, 6.45) is 0. The summed E-state index contributed by atoms with van der Waals surface area (Å²) >= 11 is 0. The number of nitrogens with zero attached hydrogens (tertiary/aromatic N) is 2. The van der Waals surface area contributed by atoms with Gasteiger partial charge < -0.3 is 10.6 Å². The lowest BCUT2D eigenvalue weighted by Gasteiger charge is -2.07. The van der Waals surface area contributed by atoms with Crippen LogP contribution in [0.5, 0.6) is 0 Å². The zero-order chi connectivity index (χ0) is 17.8. The van der Waals surface area contributed by atoms with Crippen LogP contribution in [-0.4, -0.2) is 16.1 Å². The normalized spacial score (nSPS) is 10.4. The van der Waals surface area contributed by atoms with Gasteiger partial charge in [0.05, 0.1) is 11.4 Å². The first-order valence-corrected chi connectivity index (χ1v) is 7.14. The first kappa shape index (κ1) is 16.4. The topological polar surface area (TPSA) is 66.9 Å². The third-order valence-corrected chi connectivity index (χ3v) is 3.21. The molecule has 0 atom stereocenters. The van der Waals surface area contributed by atoms with Gasteiger partial charge in [0.25, 0.3) is 5.91 Å². The van der Waals surface area contributed by atoms with Crippen molar-refractivity contribution in [3.8, 4) is 0 Å². The molecule has 1 amide bonds. The molecule has 0 aliphatic rings. The fraction of sp³-hybridized carbons (Fsp3) is 0. The van der Waals surface area contributed by atoms with Gasteiger partial charge in [-0.3, -0.25) is 4.79 Å². The van der Waals surface area contributed by atoms with Gasteiger partial charge in [-0.2, -0.15) is 0 Å². The minimum Gasteiger partial charge on any atom is -0.336 e. The van der Waals surface area contributed by atoms with Gasteiger partial charge in [0, 0.05) is 6.07 Å². The van der Waals surface area contributed by atoms with Crippen LogP contribution in [-0.2, 0) is 0 Å². The molecule has 5 nitrogen and oxygen atoms in total. The summed E-state index contributed by atoms with van der Waals surface area (Å²) in [7, 11) is 0. The van der Waals surface area contributed by atoms with E-state index in [9.17, 15) is 18.0 Å². The number of halogens is 3. The van der Waals surface area contributed by atoms with Crippen LogP contribution in [0.15, 0.2) is 54.6 Å². The standard InChI is InChI=1S/C17H11F3N4O/c18-10-5-6-14(12(20)9-10)22-17(25)15-7-8-16(24-23-15)21-13-4-2-1-3-11(13)19/h1-9H,(H,21,24)(H,22,25). The average Bonchev–Trinajstić information content (AvgIpc) is 2.60. The Kier molecular flexibility index (Phi) is 4.60. The highest BCUT2D eigenvalue weighted by atomic mass is 19.1. The highest BCUT2D eigenvalue weighted by Crippen LogP contribution is 2.18. The molecule has 1 aromatic heterocycles. The predicted molar refractivity (Wildman–Crippen MR) is 86.0 cm³/mol. The molecule has 0 aliphatic carbocycles.